The lowest BCUT2D eigenvalue weighted by molar-refractivity contribution is -0.140. The fraction of sp³-hybridized carbons (Fsp3) is 0.364. The number of nitrogens with one attached hydrogen (secondary N) is 1. The van der Waals surface area contributed by atoms with Crippen LogP contribution in [0.3, 0.4) is 0 Å². The van der Waals surface area contributed by atoms with E-state index >= 15 is 0 Å². The normalized spacial score (nSPS) is 13.3. The number of likely N-dealkylation sites (N-methyl/N-ethyl adjacent to an activating group) is 1. The van der Waals surface area contributed by atoms with Crippen molar-refractivity contribution < 1.29 is 27.5 Å². The first kappa shape index (κ1) is 25.9. The van der Waals surface area contributed by atoms with Crippen molar-refractivity contribution in [2.75, 3.05) is 30.9 Å². The monoisotopic (exact) mass is 529 g/mol. The van der Waals surface area contributed by atoms with Crippen molar-refractivity contribution in [1.82, 2.24) is 10.2 Å². The quantitative estimate of drug-likeness (QED) is 0.535. The molecule has 0 spiro atoms. The van der Waals surface area contributed by atoms with Crippen molar-refractivity contribution in [3.63, 3.8) is 0 Å². The second-order valence-electron chi connectivity index (χ2n) is 7.62. The molecule has 0 saturated heterocycles. The van der Waals surface area contributed by atoms with Gasteiger partial charge < -0.3 is 19.7 Å². The number of carbonyl (C=O) groups is 2. The maximum absolute atomic E-state index is 13.5. The zero-order valence-corrected chi connectivity index (χ0v) is 21.2. The van der Waals surface area contributed by atoms with Crippen LogP contribution in [0.15, 0.2) is 36.4 Å². The van der Waals surface area contributed by atoms with Gasteiger partial charge in [-0.05, 0) is 36.2 Å². The van der Waals surface area contributed by atoms with E-state index in [0.29, 0.717) is 33.5 Å². The fourth-order valence-corrected chi connectivity index (χ4v) is 4.74. The molecule has 9 nitrogen and oxygen atoms in total. The van der Waals surface area contributed by atoms with Gasteiger partial charge in [-0.1, -0.05) is 36.2 Å². The smallest absolute Gasteiger partial charge is 0.244 e. The third-order valence-corrected chi connectivity index (χ3v) is 7.17. The van der Waals surface area contributed by atoms with Crippen LogP contribution in [-0.2, 0) is 26.2 Å². The van der Waals surface area contributed by atoms with Gasteiger partial charge in [0, 0.05) is 19.7 Å². The Morgan fingerprint density at radius 3 is 2.41 bits per heavy atom. The molecule has 184 valence electrons. The Bertz CT molecular complexity index is 1190. The third kappa shape index (κ3) is 5.86. The zero-order chi connectivity index (χ0) is 25.0. The van der Waals surface area contributed by atoms with Crippen molar-refractivity contribution in [2.24, 2.45) is 0 Å². The van der Waals surface area contributed by atoms with Gasteiger partial charge in [0.05, 0.1) is 22.0 Å². The van der Waals surface area contributed by atoms with Crippen LogP contribution in [0.5, 0.6) is 11.5 Å². The highest BCUT2D eigenvalue weighted by atomic mass is 35.5. The maximum Gasteiger partial charge on any atom is 0.244 e. The van der Waals surface area contributed by atoms with Crippen molar-refractivity contribution in [3.8, 4) is 11.5 Å². The van der Waals surface area contributed by atoms with Crippen LogP contribution >= 0.6 is 23.2 Å². The lowest BCUT2D eigenvalue weighted by atomic mass is 10.1. The first-order valence-electron chi connectivity index (χ1n) is 10.4. The molecular formula is C22H25Cl2N3O6S. The Labute approximate surface area is 208 Å². The van der Waals surface area contributed by atoms with E-state index < -0.39 is 28.5 Å². The second-order valence-corrected chi connectivity index (χ2v) is 10.3. The summed E-state index contributed by atoms with van der Waals surface area (Å²) in [6.45, 7) is 1.30. The Kier molecular flexibility index (Phi) is 8.17. The maximum atomic E-state index is 13.5. The molecule has 0 unspecified atom stereocenters. The summed E-state index contributed by atoms with van der Waals surface area (Å²) in [4.78, 5) is 27.4. The van der Waals surface area contributed by atoms with E-state index in [1.807, 2.05) is 0 Å². The minimum atomic E-state index is -3.86. The van der Waals surface area contributed by atoms with E-state index in [4.69, 9.17) is 32.7 Å². The van der Waals surface area contributed by atoms with Crippen molar-refractivity contribution in [2.45, 2.75) is 25.9 Å². The van der Waals surface area contributed by atoms with E-state index in [1.54, 1.807) is 31.2 Å². The number of nitrogens with zero attached hydrogens (tertiary/aromatic N) is 2. The molecule has 0 radical (unpaired) electrons. The number of hydrogen-bond donors (Lipinski definition) is 1. The number of halogens is 2. The molecule has 2 aromatic rings. The molecule has 0 saturated carbocycles. The fourth-order valence-electron chi connectivity index (χ4n) is 3.57. The van der Waals surface area contributed by atoms with Crippen LogP contribution < -0.4 is 19.1 Å². The van der Waals surface area contributed by atoms with Gasteiger partial charge in [-0.2, -0.15) is 0 Å². The molecular weight excluding hydrogens is 505 g/mol. The average molecular weight is 530 g/mol. The minimum absolute atomic E-state index is 0.0261. The number of sulfonamides is 1. The number of carbonyl (C=O) groups excluding carboxylic acids is 2. The van der Waals surface area contributed by atoms with Gasteiger partial charge in [0.2, 0.25) is 28.6 Å². The molecule has 2 amide bonds. The Hall–Kier alpha value is -2.69. The molecule has 1 aliphatic rings. The van der Waals surface area contributed by atoms with E-state index in [2.05, 4.69) is 5.32 Å². The molecule has 1 aliphatic heterocycles. The minimum Gasteiger partial charge on any atom is -0.454 e. The number of anilines is 1. The van der Waals surface area contributed by atoms with Crippen LogP contribution in [0, 0.1) is 0 Å². The van der Waals surface area contributed by atoms with E-state index in [-0.39, 0.29) is 24.9 Å². The first-order valence-corrected chi connectivity index (χ1v) is 13.0. The van der Waals surface area contributed by atoms with Crippen LogP contribution in [-0.4, -0.2) is 57.8 Å². The zero-order valence-electron chi connectivity index (χ0n) is 18.9. The number of fused-ring (bicyclic) bond motifs is 1. The number of amides is 2. The van der Waals surface area contributed by atoms with Gasteiger partial charge in [0.1, 0.15) is 12.6 Å². The largest absolute Gasteiger partial charge is 0.454 e. The van der Waals surface area contributed by atoms with Crippen LogP contribution in [0.1, 0.15) is 18.9 Å². The van der Waals surface area contributed by atoms with Crippen molar-refractivity contribution >= 4 is 50.7 Å². The van der Waals surface area contributed by atoms with Gasteiger partial charge in [0.15, 0.2) is 11.5 Å². The summed E-state index contributed by atoms with van der Waals surface area (Å²) in [6, 6.07) is 8.66. The summed E-state index contributed by atoms with van der Waals surface area (Å²) in [5.41, 5.74) is 0.877. The number of rotatable bonds is 9. The highest BCUT2D eigenvalue weighted by molar-refractivity contribution is 7.92. The topological polar surface area (TPSA) is 105 Å². The summed E-state index contributed by atoms with van der Waals surface area (Å²) in [5, 5.41) is 3.22. The molecule has 1 N–H and O–H groups in total. The van der Waals surface area contributed by atoms with E-state index in [0.717, 1.165) is 10.6 Å². The van der Waals surface area contributed by atoms with Gasteiger partial charge in [-0.25, -0.2) is 8.42 Å². The SMILES string of the molecule is CC[C@@H](C(=O)NC)N(Cc1ccc(Cl)c(Cl)c1)C(=O)CN(c1ccc2c(c1)OCO2)S(C)(=O)=O. The predicted octanol–water partition coefficient (Wildman–Crippen LogP) is 3.04. The summed E-state index contributed by atoms with van der Waals surface area (Å²) in [6.07, 6.45) is 1.32. The van der Waals surface area contributed by atoms with E-state index in [1.165, 1.54) is 24.1 Å². The molecule has 2 aromatic carbocycles. The molecule has 12 heteroatoms. The van der Waals surface area contributed by atoms with Crippen molar-refractivity contribution in [3.05, 3.63) is 52.0 Å². The molecule has 1 heterocycles. The molecule has 0 aliphatic carbocycles. The Morgan fingerprint density at radius 2 is 1.79 bits per heavy atom. The van der Waals surface area contributed by atoms with Gasteiger partial charge in [-0.15, -0.1) is 0 Å². The highest BCUT2D eigenvalue weighted by Gasteiger charge is 2.32. The lowest BCUT2D eigenvalue weighted by Gasteiger charge is -2.32. The first-order chi connectivity index (χ1) is 16.0. The predicted molar refractivity (Wildman–Crippen MR) is 130 cm³/mol. The molecule has 3 rings (SSSR count). The summed E-state index contributed by atoms with van der Waals surface area (Å²) >= 11 is 12.1. The second kappa shape index (κ2) is 10.7. The molecule has 1 atom stereocenters. The van der Waals surface area contributed by atoms with E-state index in [9.17, 15) is 18.0 Å². The molecule has 0 fully saturated rings. The summed E-state index contributed by atoms with van der Waals surface area (Å²) < 4.78 is 36.8. The molecule has 0 aromatic heterocycles. The number of hydrogen-bond acceptors (Lipinski definition) is 6. The Morgan fingerprint density at radius 1 is 1.09 bits per heavy atom. The summed E-state index contributed by atoms with van der Waals surface area (Å²) in [5.74, 6) is -0.0759. The number of ether oxygens (including phenoxy) is 2. The standard InChI is InChI=1S/C22H25Cl2N3O6S/c1-4-18(22(29)25-2)26(11-14-5-7-16(23)17(24)9-14)21(28)12-27(34(3,30)31)15-6-8-19-20(10-15)33-13-32-19/h5-10,18H,4,11-13H2,1-3H3,(H,25,29)/t18-/m0/s1. The van der Waals surface area contributed by atoms with Crippen LogP contribution in [0.25, 0.3) is 0 Å². The third-order valence-electron chi connectivity index (χ3n) is 5.29. The average Bonchev–Trinajstić information content (AvgIpc) is 3.26. The number of benzene rings is 2. The van der Waals surface area contributed by atoms with Gasteiger partial charge >= 0.3 is 0 Å². The lowest BCUT2D eigenvalue weighted by Crippen LogP contribution is -2.51. The Balaban J connectivity index is 1.95. The molecule has 0 bridgehead atoms. The highest BCUT2D eigenvalue weighted by Crippen LogP contribution is 2.36. The van der Waals surface area contributed by atoms with Crippen molar-refractivity contribution in [1.29, 1.82) is 0 Å². The van der Waals surface area contributed by atoms with Crippen LogP contribution in [0.2, 0.25) is 10.0 Å². The summed E-state index contributed by atoms with van der Waals surface area (Å²) in [7, 11) is -2.38. The van der Waals surface area contributed by atoms with Crippen LogP contribution in [0.4, 0.5) is 5.69 Å². The van der Waals surface area contributed by atoms with Gasteiger partial charge in [0.25, 0.3) is 0 Å². The van der Waals surface area contributed by atoms with Gasteiger partial charge in [-0.3, -0.25) is 13.9 Å². The molecule has 34 heavy (non-hydrogen) atoms.